The lowest BCUT2D eigenvalue weighted by molar-refractivity contribution is 1.12. The summed E-state index contributed by atoms with van der Waals surface area (Å²) < 4.78 is 4.30. The van der Waals surface area contributed by atoms with Crippen molar-refractivity contribution in [3.05, 3.63) is 144 Å². The molecule has 8 rings (SSSR count). The average Bonchev–Trinajstić information content (AvgIpc) is 3.60. The van der Waals surface area contributed by atoms with Gasteiger partial charge in [-0.1, -0.05) is 84.9 Å². The van der Waals surface area contributed by atoms with Gasteiger partial charge in [0, 0.05) is 27.1 Å². The van der Waals surface area contributed by atoms with E-state index in [4.69, 9.17) is 0 Å². The maximum atomic E-state index is 10.7. The number of hydrogen-bond acceptors (Lipinski definition) is 3. The molecule has 0 spiro atoms. The predicted octanol–water partition coefficient (Wildman–Crippen LogP) is 9.16. The predicted molar refractivity (Wildman–Crippen MR) is 175 cm³/mol. The summed E-state index contributed by atoms with van der Waals surface area (Å²) >= 11 is 0. The molecule has 0 bridgehead atoms. The molecular formula is C39H21N5. The minimum absolute atomic E-state index is 0.386. The van der Waals surface area contributed by atoms with Crippen molar-refractivity contribution in [1.82, 2.24) is 9.13 Å². The van der Waals surface area contributed by atoms with Crippen molar-refractivity contribution in [3.63, 3.8) is 0 Å². The van der Waals surface area contributed by atoms with E-state index in [1.165, 1.54) is 0 Å². The third-order valence-corrected chi connectivity index (χ3v) is 8.42. The Morgan fingerprint density at radius 2 is 0.773 bits per heavy atom. The van der Waals surface area contributed by atoms with Gasteiger partial charge in [-0.3, -0.25) is 0 Å². The first-order valence-corrected chi connectivity index (χ1v) is 14.2. The number of para-hydroxylation sites is 4. The molecule has 2 aromatic heterocycles. The number of hydrogen-bond donors (Lipinski definition) is 0. The molecule has 6 aromatic carbocycles. The fraction of sp³-hybridized carbons (Fsp3) is 0. The molecule has 0 aliphatic carbocycles. The quantitative estimate of drug-likeness (QED) is 0.216. The van der Waals surface area contributed by atoms with Crippen LogP contribution in [0.2, 0.25) is 0 Å². The van der Waals surface area contributed by atoms with Crippen LogP contribution in [0.5, 0.6) is 0 Å². The Balaban J connectivity index is 1.65. The van der Waals surface area contributed by atoms with Crippen molar-refractivity contribution in [3.8, 4) is 40.7 Å². The summed E-state index contributed by atoms with van der Waals surface area (Å²) in [6.07, 6.45) is 0. The second kappa shape index (κ2) is 9.74. The van der Waals surface area contributed by atoms with E-state index in [-0.39, 0.29) is 0 Å². The smallest absolute Gasteiger partial charge is 0.101 e. The highest BCUT2D eigenvalue weighted by Crippen LogP contribution is 2.44. The van der Waals surface area contributed by atoms with E-state index >= 15 is 0 Å². The van der Waals surface area contributed by atoms with Crippen LogP contribution in [0, 0.1) is 34.0 Å². The Hall–Kier alpha value is -6.61. The highest BCUT2D eigenvalue weighted by Gasteiger charge is 2.27. The monoisotopic (exact) mass is 559 g/mol. The van der Waals surface area contributed by atoms with E-state index < -0.39 is 0 Å². The van der Waals surface area contributed by atoms with E-state index in [0.717, 1.165) is 54.7 Å². The third-order valence-electron chi connectivity index (χ3n) is 8.42. The van der Waals surface area contributed by atoms with Crippen LogP contribution >= 0.6 is 0 Å². The normalized spacial score (nSPS) is 11.1. The Morgan fingerprint density at radius 3 is 1.11 bits per heavy atom. The van der Waals surface area contributed by atoms with Gasteiger partial charge in [-0.05, 0) is 48.0 Å². The Kier molecular flexibility index (Phi) is 5.56. The van der Waals surface area contributed by atoms with Crippen LogP contribution < -0.4 is 0 Å². The molecule has 0 saturated heterocycles. The zero-order chi connectivity index (χ0) is 29.8. The van der Waals surface area contributed by atoms with Crippen LogP contribution in [0.3, 0.4) is 0 Å². The minimum Gasteiger partial charge on any atom is -0.307 e. The first kappa shape index (κ1) is 25.1. The molecule has 8 aromatic rings. The number of nitrogens with zero attached hydrogens (tertiary/aromatic N) is 5. The maximum absolute atomic E-state index is 10.7. The standard InChI is InChI=1S/C39H21N5/c40-22-25-17-19-26(20-18-25)37-38(43-33-13-5-1-9-29(33)30-10-2-6-14-34(30)43)27(23-41)21-28(24-42)39(37)44-35-15-7-3-11-31(35)32-12-4-8-16-36(32)44/h1-21H. The van der Waals surface area contributed by atoms with Gasteiger partial charge in [0.2, 0.25) is 0 Å². The fourth-order valence-electron chi connectivity index (χ4n) is 6.61. The lowest BCUT2D eigenvalue weighted by Crippen LogP contribution is -2.08. The summed E-state index contributed by atoms with van der Waals surface area (Å²) in [7, 11) is 0. The molecule has 0 fully saturated rings. The van der Waals surface area contributed by atoms with Crippen molar-refractivity contribution in [2.45, 2.75) is 0 Å². The van der Waals surface area contributed by atoms with Crippen LogP contribution in [-0.4, -0.2) is 9.13 Å². The first-order valence-electron chi connectivity index (χ1n) is 14.2. The molecule has 0 N–H and O–H groups in total. The molecular weight excluding hydrogens is 538 g/mol. The van der Waals surface area contributed by atoms with Gasteiger partial charge in [0.05, 0.1) is 56.2 Å². The van der Waals surface area contributed by atoms with E-state index in [2.05, 4.69) is 75.9 Å². The first-order chi connectivity index (χ1) is 21.7. The van der Waals surface area contributed by atoms with E-state index in [1.807, 2.05) is 60.7 Å². The second-order valence-electron chi connectivity index (χ2n) is 10.7. The summed E-state index contributed by atoms with van der Waals surface area (Å²) in [6, 6.07) is 48.9. The Morgan fingerprint density at radius 1 is 0.409 bits per heavy atom. The van der Waals surface area contributed by atoms with Crippen LogP contribution in [0.1, 0.15) is 16.7 Å². The molecule has 0 radical (unpaired) electrons. The molecule has 44 heavy (non-hydrogen) atoms. The molecule has 0 aliphatic rings. The molecule has 0 atom stereocenters. The van der Waals surface area contributed by atoms with Gasteiger partial charge >= 0.3 is 0 Å². The van der Waals surface area contributed by atoms with E-state index in [9.17, 15) is 15.8 Å². The largest absolute Gasteiger partial charge is 0.307 e. The lowest BCUT2D eigenvalue weighted by atomic mass is 9.93. The van der Waals surface area contributed by atoms with Crippen molar-refractivity contribution >= 4 is 43.6 Å². The molecule has 5 heteroatoms. The number of aromatic nitrogens is 2. The van der Waals surface area contributed by atoms with Crippen LogP contribution in [0.4, 0.5) is 0 Å². The number of benzene rings is 6. The zero-order valence-electron chi connectivity index (χ0n) is 23.4. The average molecular weight is 560 g/mol. The molecule has 0 amide bonds. The fourth-order valence-corrected chi connectivity index (χ4v) is 6.61. The van der Waals surface area contributed by atoms with Gasteiger partial charge in [-0.25, -0.2) is 0 Å². The second-order valence-corrected chi connectivity index (χ2v) is 10.7. The lowest BCUT2D eigenvalue weighted by Gasteiger charge is -2.22. The Bertz CT molecular complexity index is 2320. The third kappa shape index (κ3) is 3.50. The van der Waals surface area contributed by atoms with E-state index in [1.54, 1.807) is 18.2 Å². The summed E-state index contributed by atoms with van der Waals surface area (Å²) in [5.41, 5.74) is 8.04. The van der Waals surface area contributed by atoms with Crippen LogP contribution in [-0.2, 0) is 0 Å². The van der Waals surface area contributed by atoms with Gasteiger partial charge in [-0.15, -0.1) is 0 Å². The number of nitriles is 3. The molecule has 5 nitrogen and oxygen atoms in total. The molecule has 202 valence electrons. The van der Waals surface area contributed by atoms with Crippen molar-refractivity contribution < 1.29 is 0 Å². The van der Waals surface area contributed by atoms with Crippen molar-refractivity contribution in [1.29, 1.82) is 15.8 Å². The molecule has 0 aliphatic heterocycles. The maximum Gasteiger partial charge on any atom is 0.101 e. The topological polar surface area (TPSA) is 81.2 Å². The van der Waals surface area contributed by atoms with Crippen molar-refractivity contribution in [2.75, 3.05) is 0 Å². The number of rotatable bonds is 3. The minimum atomic E-state index is 0.386. The summed E-state index contributed by atoms with van der Waals surface area (Å²) in [4.78, 5) is 0. The van der Waals surface area contributed by atoms with Crippen LogP contribution in [0.25, 0.3) is 66.1 Å². The zero-order valence-corrected chi connectivity index (χ0v) is 23.4. The van der Waals surface area contributed by atoms with Crippen LogP contribution in [0.15, 0.2) is 127 Å². The summed E-state index contributed by atoms with van der Waals surface area (Å²) in [6.45, 7) is 0. The highest BCUT2D eigenvalue weighted by atomic mass is 15.0. The number of fused-ring (bicyclic) bond motifs is 6. The van der Waals surface area contributed by atoms with E-state index in [0.29, 0.717) is 28.1 Å². The summed E-state index contributed by atoms with van der Waals surface area (Å²) in [5.74, 6) is 0. The molecule has 0 unspecified atom stereocenters. The summed E-state index contributed by atoms with van der Waals surface area (Å²) in [5, 5.41) is 35.2. The highest BCUT2D eigenvalue weighted by molar-refractivity contribution is 6.12. The SMILES string of the molecule is N#Cc1ccc(-c2c(-n3c4ccccc4c4ccccc43)c(C#N)cc(C#N)c2-n2c3ccccc3c3ccccc32)cc1. The van der Waals surface area contributed by atoms with Gasteiger partial charge in [0.25, 0.3) is 0 Å². The van der Waals surface area contributed by atoms with Gasteiger partial charge in [-0.2, -0.15) is 15.8 Å². The van der Waals surface area contributed by atoms with Gasteiger partial charge in [0.1, 0.15) is 12.1 Å². The van der Waals surface area contributed by atoms with Gasteiger partial charge in [0.15, 0.2) is 0 Å². The molecule has 2 heterocycles. The van der Waals surface area contributed by atoms with Crippen molar-refractivity contribution in [2.24, 2.45) is 0 Å². The Labute approximate surface area is 252 Å². The molecule has 0 saturated carbocycles. The van der Waals surface area contributed by atoms with Gasteiger partial charge < -0.3 is 9.13 Å².